The van der Waals surface area contributed by atoms with Crippen molar-refractivity contribution in [3.63, 3.8) is 0 Å². The van der Waals surface area contributed by atoms with Crippen LogP contribution in [-0.2, 0) is 9.59 Å². The minimum atomic E-state index is -1.38. The molecule has 1 aromatic rings. The Labute approximate surface area is 223 Å². The van der Waals surface area contributed by atoms with Gasteiger partial charge in [0, 0.05) is 17.7 Å². The Balaban J connectivity index is 2.67. The first kappa shape index (κ1) is 32.8. The Kier molecular flexibility index (Phi) is 14.1. The minimum absolute atomic E-state index is 0.138. The molecule has 37 heavy (non-hydrogen) atoms. The normalized spacial score (nSPS) is 16.2. The zero-order valence-electron chi connectivity index (χ0n) is 22.3. The number of aromatic nitrogens is 1. The van der Waals surface area contributed by atoms with Crippen LogP contribution in [0.5, 0.6) is 0 Å². The molecule has 0 saturated carbocycles. The third-order valence-corrected chi connectivity index (χ3v) is 7.50. The van der Waals surface area contributed by atoms with E-state index in [-0.39, 0.29) is 31.2 Å². The predicted octanol–water partition coefficient (Wildman–Crippen LogP) is 5.25. The minimum Gasteiger partial charge on any atom is -0.481 e. The largest absolute Gasteiger partial charge is 0.481 e. The number of rotatable bonds is 18. The number of halogens is 1. The van der Waals surface area contributed by atoms with Crippen molar-refractivity contribution in [2.45, 2.75) is 84.8 Å². The highest BCUT2D eigenvalue weighted by Gasteiger charge is 2.43. The van der Waals surface area contributed by atoms with Gasteiger partial charge >= 0.3 is 5.97 Å². The number of aliphatic carboxylic acids is 1. The molecular weight excluding hydrogens is 497 g/mol. The summed E-state index contributed by atoms with van der Waals surface area (Å²) in [7, 11) is 0. The van der Waals surface area contributed by atoms with Crippen LogP contribution in [0.15, 0.2) is 35.5 Å². The second-order valence-electron chi connectivity index (χ2n) is 10.1. The molecule has 7 nitrogen and oxygen atoms in total. The van der Waals surface area contributed by atoms with Crippen LogP contribution in [0, 0.1) is 24.2 Å². The van der Waals surface area contributed by atoms with Crippen molar-refractivity contribution in [1.29, 1.82) is 0 Å². The Morgan fingerprint density at radius 3 is 2.49 bits per heavy atom. The van der Waals surface area contributed by atoms with E-state index in [0.29, 0.717) is 31.4 Å². The van der Waals surface area contributed by atoms with Gasteiger partial charge in [0.2, 0.25) is 0 Å². The number of hydrogen-bond donors (Lipinski definition) is 4. The first-order valence-electron chi connectivity index (χ1n) is 12.6. The van der Waals surface area contributed by atoms with Crippen molar-refractivity contribution in [2.75, 3.05) is 6.61 Å². The first-order valence-corrected chi connectivity index (χ1v) is 13.5. The molecule has 1 rings (SSSR count). The van der Waals surface area contributed by atoms with E-state index in [0.717, 1.165) is 10.6 Å². The van der Waals surface area contributed by atoms with Gasteiger partial charge in [-0.05, 0) is 56.6 Å². The molecule has 0 aliphatic rings. The summed E-state index contributed by atoms with van der Waals surface area (Å²) in [6.07, 6.45) is 4.51. The standard InChI is InChI=1S/C28H42FNO6S/c1-6-9-23(27(36)28(4,5)24(32)15-25(33)34)26(35)18(2)10-7-11-20(16-31)12-8-13-21(29)14-22-17-37-19(3)30-22/h6,12,14,17-18,23-24,26,31-32,35H,1,7-11,13,15-16H2,2-5H3,(H,33,34)/b20-12+,21-14-/t18-,23+,24-,26-/m0/s1. The summed E-state index contributed by atoms with van der Waals surface area (Å²) >= 11 is 1.46. The second-order valence-corrected chi connectivity index (χ2v) is 11.2. The van der Waals surface area contributed by atoms with Gasteiger partial charge in [0.1, 0.15) is 11.6 Å². The maximum Gasteiger partial charge on any atom is 0.306 e. The van der Waals surface area contributed by atoms with E-state index < -0.39 is 41.7 Å². The molecule has 1 heterocycles. The van der Waals surface area contributed by atoms with E-state index in [2.05, 4.69) is 11.6 Å². The Morgan fingerprint density at radius 1 is 1.27 bits per heavy atom. The molecule has 4 N–H and O–H groups in total. The highest BCUT2D eigenvalue weighted by atomic mass is 32.1. The molecule has 0 aliphatic heterocycles. The number of Topliss-reactive ketones (excluding diaryl/α,β-unsaturated/α-hetero) is 1. The molecule has 0 aromatic carbocycles. The number of carbonyl (C=O) groups is 2. The summed E-state index contributed by atoms with van der Waals surface area (Å²) in [5.41, 5.74) is 0.0456. The monoisotopic (exact) mass is 539 g/mol. The zero-order chi connectivity index (χ0) is 28.2. The molecule has 0 aliphatic carbocycles. The number of thiazole rings is 1. The highest BCUT2D eigenvalue weighted by molar-refractivity contribution is 7.09. The number of aryl methyl sites for hydroxylation is 1. The van der Waals surface area contributed by atoms with Crippen LogP contribution >= 0.6 is 11.3 Å². The van der Waals surface area contributed by atoms with Crippen molar-refractivity contribution in [3.8, 4) is 0 Å². The van der Waals surface area contributed by atoms with Gasteiger partial charge in [-0.25, -0.2) is 9.37 Å². The van der Waals surface area contributed by atoms with E-state index in [4.69, 9.17) is 5.11 Å². The van der Waals surface area contributed by atoms with Gasteiger partial charge < -0.3 is 20.4 Å². The molecule has 0 amide bonds. The predicted molar refractivity (Wildman–Crippen MR) is 145 cm³/mol. The van der Waals surface area contributed by atoms with Crippen molar-refractivity contribution in [1.82, 2.24) is 4.98 Å². The second kappa shape index (κ2) is 15.9. The Bertz CT molecular complexity index is 954. The number of allylic oxidation sites excluding steroid dienone is 3. The number of hydrogen-bond acceptors (Lipinski definition) is 7. The van der Waals surface area contributed by atoms with Gasteiger partial charge in [0.05, 0.1) is 41.4 Å². The molecule has 0 saturated heterocycles. The van der Waals surface area contributed by atoms with Crippen LogP contribution in [0.4, 0.5) is 4.39 Å². The van der Waals surface area contributed by atoms with Gasteiger partial charge in [0.15, 0.2) is 0 Å². The van der Waals surface area contributed by atoms with Gasteiger partial charge in [-0.2, -0.15) is 0 Å². The van der Waals surface area contributed by atoms with E-state index in [9.17, 15) is 29.3 Å². The summed E-state index contributed by atoms with van der Waals surface area (Å²) in [5, 5.41) is 42.6. The number of carboxylic acids is 1. The fourth-order valence-electron chi connectivity index (χ4n) is 4.20. The Hall–Kier alpha value is -2.20. The third-order valence-electron chi connectivity index (χ3n) is 6.71. The van der Waals surface area contributed by atoms with Crippen molar-refractivity contribution in [3.05, 3.63) is 46.2 Å². The molecule has 0 bridgehead atoms. The fourth-order valence-corrected chi connectivity index (χ4v) is 4.77. The summed E-state index contributed by atoms with van der Waals surface area (Å²) in [6.45, 7) is 10.2. The van der Waals surface area contributed by atoms with Crippen LogP contribution < -0.4 is 0 Å². The molecule has 0 unspecified atom stereocenters. The summed E-state index contributed by atoms with van der Waals surface area (Å²) in [4.78, 5) is 28.4. The quantitative estimate of drug-likeness (QED) is 0.188. The molecule has 9 heteroatoms. The van der Waals surface area contributed by atoms with Crippen LogP contribution in [0.1, 0.15) is 76.4 Å². The summed E-state index contributed by atoms with van der Waals surface area (Å²) in [5.74, 6) is -2.97. The Morgan fingerprint density at radius 2 is 1.95 bits per heavy atom. The highest BCUT2D eigenvalue weighted by Crippen LogP contribution is 2.33. The average Bonchev–Trinajstić information content (AvgIpc) is 3.24. The van der Waals surface area contributed by atoms with E-state index in [1.807, 2.05) is 19.9 Å². The van der Waals surface area contributed by atoms with Gasteiger partial charge in [-0.3, -0.25) is 9.59 Å². The fraction of sp³-hybridized carbons (Fsp3) is 0.607. The van der Waals surface area contributed by atoms with Crippen LogP contribution in [-0.4, -0.2) is 56.0 Å². The molecular formula is C28H42FNO6S. The van der Waals surface area contributed by atoms with Crippen molar-refractivity contribution >= 4 is 29.2 Å². The lowest BCUT2D eigenvalue weighted by atomic mass is 9.71. The molecule has 0 spiro atoms. The molecule has 1 aromatic heterocycles. The van der Waals surface area contributed by atoms with E-state index in [1.54, 1.807) is 5.38 Å². The number of nitrogens with zero attached hydrogens (tertiary/aromatic N) is 1. The summed E-state index contributed by atoms with van der Waals surface area (Å²) in [6, 6.07) is 0. The van der Waals surface area contributed by atoms with Gasteiger partial charge in [-0.15, -0.1) is 17.9 Å². The first-order chi connectivity index (χ1) is 17.3. The SMILES string of the molecule is C=CC[C@@H](C(=O)C(C)(C)[C@@H](O)CC(=O)O)[C@@H](O)[C@@H](C)CCC/C(=C\CC/C(F)=C/c1csc(C)n1)CO. The van der Waals surface area contributed by atoms with Gasteiger partial charge in [0.25, 0.3) is 0 Å². The zero-order valence-corrected chi connectivity index (χ0v) is 23.1. The van der Waals surface area contributed by atoms with Crippen LogP contribution in [0.2, 0.25) is 0 Å². The lowest BCUT2D eigenvalue weighted by molar-refractivity contribution is -0.147. The molecule has 0 fully saturated rings. The van der Waals surface area contributed by atoms with E-state index >= 15 is 0 Å². The lowest BCUT2D eigenvalue weighted by Crippen LogP contribution is -2.46. The van der Waals surface area contributed by atoms with Crippen LogP contribution in [0.3, 0.4) is 0 Å². The number of ketones is 1. The lowest BCUT2D eigenvalue weighted by Gasteiger charge is -2.35. The van der Waals surface area contributed by atoms with Crippen LogP contribution in [0.25, 0.3) is 6.08 Å². The summed E-state index contributed by atoms with van der Waals surface area (Å²) < 4.78 is 14.1. The molecule has 208 valence electrons. The number of aliphatic hydroxyl groups excluding tert-OH is 3. The smallest absolute Gasteiger partial charge is 0.306 e. The maximum atomic E-state index is 14.1. The van der Waals surface area contributed by atoms with E-state index in [1.165, 1.54) is 37.3 Å². The number of aliphatic hydroxyl groups is 3. The van der Waals surface area contributed by atoms with Gasteiger partial charge in [-0.1, -0.05) is 32.9 Å². The molecule has 4 atom stereocenters. The topological polar surface area (TPSA) is 128 Å². The number of carbonyl (C=O) groups excluding carboxylic acids is 1. The average molecular weight is 540 g/mol. The number of carboxylic acid groups (broad SMARTS) is 1. The van der Waals surface area contributed by atoms with Crippen molar-refractivity contribution in [2.24, 2.45) is 17.3 Å². The van der Waals surface area contributed by atoms with Crippen molar-refractivity contribution < 1.29 is 34.4 Å². The molecule has 0 radical (unpaired) electrons. The third kappa shape index (κ3) is 11.0. The maximum absolute atomic E-state index is 14.1.